The maximum absolute atomic E-state index is 12.2. The standard InChI is InChI=1S/C45H80O7/c1-4-5-25-32-41(47)33-27-22-18-16-19-23-28-34-42(48)35-30-37-44(49)51-39-43(38-46)52-45(50)36-29-24-20-15-13-11-9-7-6-8-10-12-14-17-21-26-31-40(2)3/h18-19,22-23,27-28,33-34,40-43,46-48H,4-17,20-21,24-26,29-32,35-39H2,1-3H3/b22-18-,23-19-,33-27+,34-28+/t41-,42-,43-/m0/s1. The average Bonchev–Trinajstić information content (AvgIpc) is 3.12. The molecule has 0 aliphatic rings. The van der Waals surface area contributed by atoms with Gasteiger partial charge in [0.25, 0.3) is 0 Å². The predicted molar refractivity (Wildman–Crippen MR) is 217 cm³/mol. The molecule has 0 aromatic carbocycles. The Bertz CT molecular complexity index is 923. The van der Waals surface area contributed by atoms with Gasteiger partial charge in [0.15, 0.2) is 6.10 Å². The van der Waals surface area contributed by atoms with Crippen molar-refractivity contribution >= 4 is 11.9 Å². The highest BCUT2D eigenvalue weighted by Crippen LogP contribution is 2.16. The zero-order valence-corrected chi connectivity index (χ0v) is 33.7. The molecule has 0 bridgehead atoms. The molecular formula is C45H80O7. The smallest absolute Gasteiger partial charge is 0.306 e. The van der Waals surface area contributed by atoms with Gasteiger partial charge in [-0.15, -0.1) is 0 Å². The summed E-state index contributed by atoms with van der Waals surface area (Å²) in [5, 5.41) is 29.6. The third-order valence-corrected chi connectivity index (χ3v) is 9.26. The van der Waals surface area contributed by atoms with E-state index in [-0.39, 0.29) is 25.1 Å². The first-order chi connectivity index (χ1) is 25.3. The number of carbonyl (C=O) groups excluding carboxylic acids is 2. The zero-order valence-electron chi connectivity index (χ0n) is 33.7. The largest absolute Gasteiger partial charge is 0.462 e. The van der Waals surface area contributed by atoms with Gasteiger partial charge in [0, 0.05) is 12.8 Å². The summed E-state index contributed by atoms with van der Waals surface area (Å²) in [6.07, 6.45) is 41.0. The first-order valence-electron chi connectivity index (χ1n) is 21.3. The summed E-state index contributed by atoms with van der Waals surface area (Å²) in [5.74, 6) is 0.0311. The molecule has 0 rings (SSSR count). The molecule has 0 aliphatic heterocycles. The monoisotopic (exact) mass is 733 g/mol. The highest BCUT2D eigenvalue weighted by molar-refractivity contribution is 5.70. The second-order valence-electron chi connectivity index (χ2n) is 15.0. The Balaban J connectivity index is 3.74. The molecule has 0 fully saturated rings. The van der Waals surface area contributed by atoms with Gasteiger partial charge < -0.3 is 24.8 Å². The number of rotatable bonds is 37. The Morgan fingerprint density at radius 3 is 1.48 bits per heavy atom. The number of aliphatic hydroxyl groups is 3. The van der Waals surface area contributed by atoms with Crippen molar-refractivity contribution in [1.82, 2.24) is 0 Å². The van der Waals surface area contributed by atoms with Crippen LogP contribution in [-0.4, -0.2) is 58.8 Å². The van der Waals surface area contributed by atoms with Crippen LogP contribution in [0.1, 0.15) is 188 Å². The average molecular weight is 733 g/mol. The Hall–Kier alpha value is -2.22. The second kappa shape index (κ2) is 38.5. The van der Waals surface area contributed by atoms with E-state index >= 15 is 0 Å². The van der Waals surface area contributed by atoms with Gasteiger partial charge in [0.1, 0.15) is 6.61 Å². The summed E-state index contributed by atoms with van der Waals surface area (Å²) in [7, 11) is 0. The van der Waals surface area contributed by atoms with Crippen LogP contribution in [0.2, 0.25) is 0 Å². The first-order valence-corrected chi connectivity index (χ1v) is 21.3. The quantitative estimate of drug-likeness (QED) is 0.0331. The van der Waals surface area contributed by atoms with E-state index in [4.69, 9.17) is 9.47 Å². The lowest BCUT2D eigenvalue weighted by Crippen LogP contribution is -2.28. The molecule has 52 heavy (non-hydrogen) atoms. The van der Waals surface area contributed by atoms with Crippen molar-refractivity contribution in [1.29, 1.82) is 0 Å². The highest BCUT2D eigenvalue weighted by Gasteiger charge is 2.16. The van der Waals surface area contributed by atoms with Gasteiger partial charge in [-0.2, -0.15) is 0 Å². The van der Waals surface area contributed by atoms with E-state index in [2.05, 4.69) is 20.8 Å². The Labute approximate surface area is 319 Å². The zero-order chi connectivity index (χ0) is 38.3. The first kappa shape index (κ1) is 49.8. The normalized spacial score (nSPS) is 14.0. The van der Waals surface area contributed by atoms with Crippen molar-refractivity contribution in [2.24, 2.45) is 5.92 Å². The van der Waals surface area contributed by atoms with Crippen molar-refractivity contribution in [2.75, 3.05) is 13.2 Å². The number of carbonyl (C=O) groups is 2. The summed E-state index contributed by atoms with van der Waals surface area (Å²) in [6.45, 7) is 6.20. The van der Waals surface area contributed by atoms with Gasteiger partial charge in [-0.3, -0.25) is 9.59 Å². The van der Waals surface area contributed by atoms with E-state index in [1.165, 1.54) is 89.9 Å². The molecule has 7 nitrogen and oxygen atoms in total. The molecule has 0 heterocycles. The van der Waals surface area contributed by atoms with Crippen LogP contribution in [0.15, 0.2) is 48.6 Å². The van der Waals surface area contributed by atoms with Gasteiger partial charge in [0.2, 0.25) is 0 Å². The molecule has 0 radical (unpaired) electrons. The minimum Gasteiger partial charge on any atom is -0.462 e. The van der Waals surface area contributed by atoms with E-state index in [1.807, 2.05) is 36.5 Å². The van der Waals surface area contributed by atoms with Crippen LogP contribution in [0.4, 0.5) is 0 Å². The van der Waals surface area contributed by atoms with E-state index in [0.29, 0.717) is 19.3 Å². The Kier molecular flexibility index (Phi) is 36.9. The van der Waals surface area contributed by atoms with Gasteiger partial charge in [-0.25, -0.2) is 0 Å². The number of hydrogen-bond acceptors (Lipinski definition) is 7. The van der Waals surface area contributed by atoms with Gasteiger partial charge in [0.05, 0.1) is 18.8 Å². The fourth-order valence-electron chi connectivity index (χ4n) is 5.95. The van der Waals surface area contributed by atoms with Crippen molar-refractivity contribution in [2.45, 2.75) is 206 Å². The van der Waals surface area contributed by atoms with Crippen molar-refractivity contribution in [3.63, 3.8) is 0 Å². The molecule has 0 unspecified atom stereocenters. The second-order valence-corrected chi connectivity index (χ2v) is 15.0. The van der Waals surface area contributed by atoms with E-state index in [1.54, 1.807) is 12.2 Å². The predicted octanol–water partition coefficient (Wildman–Crippen LogP) is 11.2. The van der Waals surface area contributed by atoms with Gasteiger partial charge >= 0.3 is 11.9 Å². The van der Waals surface area contributed by atoms with Gasteiger partial charge in [-0.1, -0.05) is 191 Å². The molecular weight excluding hydrogens is 652 g/mol. The summed E-state index contributed by atoms with van der Waals surface area (Å²) >= 11 is 0. The van der Waals surface area contributed by atoms with Crippen LogP contribution in [0.25, 0.3) is 0 Å². The molecule has 0 saturated carbocycles. The Morgan fingerprint density at radius 2 is 1.00 bits per heavy atom. The summed E-state index contributed by atoms with van der Waals surface area (Å²) in [5.41, 5.74) is 0. The number of hydrogen-bond donors (Lipinski definition) is 3. The lowest BCUT2D eigenvalue weighted by Gasteiger charge is -2.16. The van der Waals surface area contributed by atoms with Crippen molar-refractivity contribution < 1.29 is 34.4 Å². The van der Waals surface area contributed by atoms with Crippen LogP contribution in [0.3, 0.4) is 0 Å². The maximum Gasteiger partial charge on any atom is 0.306 e. The van der Waals surface area contributed by atoms with Crippen LogP contribution < -0.4 is 0 Å². The lowest BCUT2D eigenvalue weighted by molar-refractivity contribution is -0.161. The molecule has 7 heteroatoms. The minimum absolute atomic E-state index is 0.136. The molecule has 0 saturated heterocycles. The van der Waals surface area contributed by atoms with Crippen LogP contribution >= 0.6 is 0 Å². The number of ether oxygens (including phenoxy) is 2. The van der Waals surface area contributed by atoms with Crippen LogP contribution in [-0.2, 0) is 19.1 Å². The molecule has 3 N–H and O–H groups in total. The van der Waals surface area contributed by atoms with Crippen molar-refractivity contribution in [3.05, 3.63) is 48.6 Å². The summed E-state index contributed by atoms with van der Waals surface area (Å²) in [4.78, 5) is 24.3. The van der Waals surface area contributed by atoms with Crippen LogP contribution in [0, 0.1) is 5.92 Å². The summed E-state index contributed by atoms with van der Waals surface area (Å²) in [6, 6.07) is 0. The molecule has 3 atom stereocenters. The summed E-state index contributed by atoms with van der Waals surface area (Å²) < 4.78 is 10.5. The lowest BCUT2D eigenvalue weighted by atomic mass is 10.0. The number of esters is 2. The third kappa shape index (κ3) is 37.5. The molecule has 302 valence electrons. The third-order valence-electron chi connectivity index (χ3n) is 9.26. The molecule has 0 spiro atoms. The fraction of sp³-hybridized carbons (Fsp3) is 0.778. The van der Waals surface area contributed by atoms with E-state index in [9.17, 15) is 24.9 Å². The van der Waals surface area contributed by atoms with Gasteiger partial charge in [-0.05, 0) is 38.0 Å². The van der Waals surface area contributed by atoms with E-state index in [0.717, 1.165) is 57.3 Å². The Morgan fingerprint density at radius 1 is 0.558 bits per heavy atom. The molecule has 0 amide bonds. The van der Waals surface area contributed by atoms with E-state index < -0.39 is 24.8 Å². The SMILES string of the molecule is CCCCC[C@H](O)/C=C/C=C\C/C=C\C=C\[C@H](O)CCCC(=O)OC[C@H](CO)OC(=O)CCCCCCCCCCCCCCCCCCC(C)C. The molecule has 0 aromatic heterocycles. The number of allylic oxidation sites excluding steroid dienone is 6. The molecule has 0 aromatic rings. The maximum atomic E-state index is 12.2. The highest BCUT2D eigenvalue weighted by atomic mass is 16.6. The minimum atomic E-state index is -0.857. The van der Waals surface area contributed by atoms with Crippen molar-refractivity contribution in [3.8, 4) is 0 Å². The van der Waals surface area contributed by atoms with Crippen LogP contribution in [0.5, 0.6) is 0 Å². The number of aliphatic hydroxyl groups excluding tert-OH is 3. The fourth-order valence-corrected chi connectivity index (χ4v) is 5.95. The topological polar surface area (TPSA) is 113 Å². The number of unbranched alkanes of at least 4 members (excludes halogenated alkanes) is 17. The molecule has 0 aliphatic carbocycles.